The number of carbonyl (C=O) groups is 1. The van der Waals surface area contributed by atoms with Gasteiger partial charge in [0.05, 0.1) is 6.54 Å². The summed E-state index contributed by atoms with van der Waals surface area (Å²) >= 11 is 0. The van der Waals surface area contributed by atoms with Crippen molar-refractivity contribution in [3.63, 3.8) is 0 Å². The number of benzene rings is 1. The molecule has 92 valence electrons. The summed E-state index contributed by atoms with van der Waals surface area (Å²) in [5, 5.41) is 2.97. The summed E-state index contributed by atoms with van der Waals surface area (Å²) in [4.78, 5) is 10.5. The highest BCUT2D eigenvalue weighted by Crippen LogP contribution is 2.30. The molecule has 0 aliphatic carbocycles. The lowest BCUT2D eigenvalue weighted by Crippen LogP contribution is -2.29. The van der Waals surface area contributed by atoms with Gasteiger partial charge in [0, 0.05) is 0 Å². The number of nitrogens with one attached hydrogen (secondary N) is 1. The van der Waals surface area contributed by atoms with Gasteiger partial charge in [0.25, 0.3) is 0 Å². The van der Waals surface area contributed by atoms with Gasteiger partial charge in [-0.1, -0.05) is 6.07 Å². The Bertz CT molecular complexity index is 407. The Morgan fingerprint density at radius 2 is 2.06 bits per heavy atom. The van der Waals surface area contributed by atoms with Gasteiger partial charge >= 0.3 is 0 Å². The Morgan fingerprint density at radius 1 is 1.29 bits per heavy atom. The molecule has 0 aromatic heterocycles. The first-order chi connectivity index (χ1) is 8.25. The Morgan fingerprint density at radius 3 is 2.82 bits per heavy atom. The summed E-state index contributed by atoms with van der Waals surface area (Å²) in [6.07, 6.45) is 0.823. The molecule has 1 aliphatic rings. The van der Waals surface area contributed by atoms with E-state index in [1.54, 1.807) is 0 Å². The fourth-order valence-corrected chi connectivity index (χ4v) is 1.69. The predicted octanol–water partition coefficient (Wildman–Crippen LogP) is 0.0752. The van der Waals surface area contributed by atoms with Crippen molar-refractivity contribution < 1.29 is 14.3 Å². The molecular weight excluding hydrogens is 220 g/mol. The molecule has 5 nitrogen and oxygen atoms in total. The molecule has 5 heteroatoms. The number of hydrogen-bond acceptors (Lipinski definition) is 4. The van der Waals surface area contributed by atoms with Crippen LogP contribution in [0.25, 0.3) is 0 Å². The highest BCUT2D eigenvalue weighted by Gasteiger charge is 2.11. The fraction of sp³-hybridized carbons (Fsp3) is 0.417. The summed E-state index contributed by atoms with van der Waals surface area (Å²) in [6.45, 7) is 2.12. The van der Waals surface area contributed by atoms with E-state index >= 15 is 0 Å². The molecular formula is C12H16N2O3. The molecule has 0 radical (unpaired) electrons. The maximum Gasteiger partial charge on any atom is 0.231 e. The first kappa shape index (κ1) is 11.7. The lowest BCUT2D eigenvalue weighted by molar-refractivity contribution is -0.117. The van der Waals surface area contributed by atoms with Crippen LogP contribution in [0.4, 0.5) is 0 Å². The van der Waals surface area contributed by atoms with E-state index in [1.165, 1.54) is 0 Å². The van der Waals surface area contributed by atoms with Gasteiger partial charge in [-0.15, -0.1) is 0 Å². The summed E-state index contributed by atoms with van der Waals surface area (Å²) < 4.78 is 10.9. The number of nitrogens with two attached hydrogens (primary N) is 1. The molecule has 1 aliphatic heterocycles. The normalized spacial score (nSPS) is 13.4. The largest absolute Gasteiger partial charge is 0.486 e. The van der Waals surface area contributed by atoms with Crippen LogP contribution < -0.4 is 20.5 Å². The van der Waals surface area contributed by atoms with Crippen LogP contribution in [0.5, 0.6) is 11.5 Å². The third kappa shape index (κ3) is 3.35. The topological polar surface area (TPSA) is 73.6 Å². The van der Waals surface area contributed by atoms with Crippen molar-refractivity contribution >= 4 is 5.91 Å². The van der Waals surface area contributed by atoms with Crippen LogP contribution in [-0.2, 0) is 11.2 Å². The summed E-state index contributed by atoms with van der Waals surface area (Å²) in [7, 11) is 0. The highest BCUT2D eigenvalue weighted by atomic mass is 16.6. The summed E-state index contributed by atoms with van der Waals surface area (Å²) in [5.41, 5.74) is 6.17. The molecule has 0 atom stereocenters. The van der Waals surface area contributed by atoms with Crippen LogP contribution in [0.3, 0.4) is 0 Å². The lowest BCUT2D eigenvalue weighted by Gasteiger charge is -2.18. The van der Waals surface area contributed by atoms with E-state index in [9.17, 15) is 4.79 Å². The number of hydrogen-bond donors (Lipinski definition) is 2. The van der Waals surface area contributed by atoms with Crippen molar-refractivity contribution in [3.8, 4) is 11.5 Å². The second-order valence-electron chi connectivity index (χ2n) is 3.87. The first-order valence-corrected chi connectivity index (χ1v) is 5.63. The minimum Gasteiger partial charge on any atom is -0.486 e. The molecule has 2 rings (SSSR count). The molecule has 0 bridgehead atoms. The fourth-order valence-electron chi connectivity index (χ4n) is 1.69. The molecule has 3 N–H and O–H groups in total. The van der Waals surface area contributed by atoms with Gasteiger partial charge in [-0.3, -0.25) is 4.79 Å². The Kier molecular flexibility index (Phi) is 3.82. The molecule has 1 aromatic carbocycles. The molecule has 0 saturated carbocycles. The van der Waals surface area contributed by atoms with Crippen LogP contribution in [0, 0.1) is 0 Å². The number of fused-ring (bicyclic) bond motifs is 1. The molecule has 0 spiro atoms. The van der Waals surface area contributed by atoms with Crippen molar-refractivity contribution in [2.45, 2.75) is 6.42 Å². The average molecular weight is 236 g/mol. The van der Waals surface area contributed by atoms with Crippen molar-refractivity contribution in [3.05, 3.63) is 23.8 Å². The number of rotatable bonds is 5. The first-order valence-electron chi connectivity index (χ1n) is 5.63. The van der Waals surface area contributed by atoms with Gasteiger partial charge in [0.2, 0.25) is 5.91 Å². The standard InChI is InChI=1S/C12H16N2O3/c13-12(15)8-14-4-3-9-1-2-10-11(7-9)17-6-5-16-10/h1-2,7,14H,3-6,8H2,(H2,13,15). The van der Waals surface area contributed by atoms with E-state index in [2.05, 4.69) is 5.32 Å². The molecule has 1 amide bonds. The van der Waals surface area contributed by atoms with Crippen LogP contribution >= 0.6 is 0 Å². The van der Waals surface area contributed by atoms with Gasteiger partial charge in [-0.2, -0.15) is 0 Å². The monoisotopic (exact) mass is 236 g/mol. The van der Waals surface area contributed by atoms with Crippen LogP contribution in [0.15, 0.2) is 18.2 Å². The smallest absolute Gasteiger partial charge is 0.231 e. The zero-order chi connectivity index (χ0) is 12.1. The van der Waals surface area contributed by atoms with E-state index in [1.807, 2.05) is 18.2 Å². The Balaban J connectivity index is 1.86. The van der Waals surface area contributed by atoms with Crippen LogP contribution in [0.2, 0.25) is 0 Å². The van der Waals surface area contributed by atoms with Crippen molar-refractivity contribution in [1.82, 2.24) is 5.32 Å². The Labute approximate surface area is 99.9 Å². The molecule has 0 unspecified atom stereocenters. The quantitative estimate of drug-likeness (QED) is 0.710. The number of amides is 1. The molecule has 1 aromatic rings. The van der Waals surface area contributed by atoms with E-state index in [-0.39, 0.29) is 12.5 Å². The number of ether oxygens (including phenoxy) is 2. The van der Waals surface area contributed by atoms with Crippen LogP contribution in [-0.4, -0.2) is 32.2 Å². The second-order valence-corrected chi connectivity index (χ2v) is 3.87. The summed E-state index contributed by atoms with van der Waals surface area (Å²) in [6, 6.07) is 5.89. The zero-order valence-corrected chi connectivity index (χ0v) is 9.57. The van der Waals surface area contributed by atoms with Gasteiger partial charge in [0.15, 0.2) is 11.5 Å². The van der Waals surface area contributed by atoms with Gasteiger partial charge in [-0.05, 0) is 30.7 Å². The average Bonchev–Trinajstić information content (AvgIpc) is 2.34. The maximum absolute atomic E-state index is 10.5. The lowest BCUT2D eigenvalue weighted by atomic mass is 10.1. The van der Waals surface area contributed by atoms with Crippen molar-refractivity contribution in [2.75, 3.05) is 26.3 Å². The minimum absolute atomic E-state index is 0.213. The maximum atomic E-state index is 10.5. The van der Waals surface area contributed by atoms with Gasteiger partial charge in [-0.25, -0.2) is 0 Å². The Hall–Kier alpha value is -1.75. The SMILES string of the molecule is NC(=O)CNCCc1ccc2c(c1)OCCO2. The van der Waals surface area contributed by atoms with Crippen molar-refractivity contribution in [1.29, 1.82) is 0 Å². The molecule has 0 fully saturated rings. The minimum atomic E-state index is -0.341. The highest BCUT2D eigenvalue weighted by molar-refractivity contribution is 5.75. The van der Waals surface area contributed by atoms with Crippen LogP contribution in [0.1, 0.15) is 5.56 Å². The van der Waals surface area contributed by atoms with E-state index < -0.39 is 0 Å². The van der Waals surface area contributed by atoms with Gasteiger partial charge in [0.1, 0.15) is 13.2 Å². The third-order valence-electron chi connectivity index (χ3n) is 2.50. The van der Waals surface area contributed by atoms with Gasteiger partial charge < -0.3 is 20.5 Å². The zero-order valence-electron chi connectivity index (χ0n) is 9.57. The number of carbonyl (C=O) groups excluding carboxylic acids is 1. The molecule has 1 heterocycles. The molecule has 17 heavy (non-hydrogen) atoms. The van der Waals surface area contributed by atoms with E-state index in [0.29, 0.717) is 19.8 Å². The second kappa shape index (κ2) is 5.54. The van der Waals surface area contributed by atoms with E-state index in [4.69, 9.17) is 15.2 Å². The molecule has 0 saturated heterocycles. The summed E-state index contributed by atoms with van der Waals surface area (Å²) in [5.74, 6) is 1.25. The predicted molar refractivity (Wildman–Crippen MR) is 63.2 cm³/mol. The van der Waals surface area contributed by atoms with E-state index in [0.717, 1.165) is 23.5 Å². The number of primary amides is 1. The van der Waals surface area contributed by atoms with Crippen molar-refractivity contribution in [2.24, 2.45) is 5.73 Å². The third-order valence-corrected chi connectivity index (χ3v) is 2.50.